The van der Waals surface area contributed by atoms with Gasteiger partial charge in [-0.1, -0.05) is 34.5 Å². The molecule has 0 aliphatic carbocycles. The molecule has 0 N–H and O–H groups in total. The third-order valence-corrected chi connectivity index (χ3v) is 4.16. The van der Waals surface area contributed by atoms with Crippen molar-refractivity contribution < 1.29 is 0 Å². The van der Waals surface area contributed by atoms with Gasteiger partial charge in [-0.2, -0.15) is 0 Å². The Kier molecular flexibility index (Phi) is 3.57. The van der Waals surface area contributed by atoms with Crippen LogP contribution in [-0.4, -0.2) is 4.98 Å². The van der Waals surface area contributed by atoms with E-state index in [9.17, 15) is 0 Å². The van der Waals surface area contributed by atoms with Crippen LogP contribution in [0.2, 0.25) is 5.02 Å². The summed E-state index contributed by atoms with van der Waals surface area (Å²) >= 11 is 13.4. The number of halogens is 3. The number of aryl methyl sites for hydroxylation is 1. The lowest BCUT2D eigenvalue weighted by Gasteiger charge is -2.10. The van der Waals surface area contributed by atoms with Gasteiger partial charge in [0.25, 0.3) is 0 Å². The molecular weight excluding hydrogens is 353 g/mol. The SMILES string of the molecule is CCc1nc2c(Br)cc(Br)cc2c(Cl)c1C. The predicted molar refractivity (Wildman–Crippen MR) is 76.3 cm³/mol. The predicted octanol–water partition coefficient (Wildman–Crippen LogP) is 5.28. The molecular formula is C12H10Br2ClN. The fourth-order valence-electron chi connectivity index (χ4n) is 1.74. The smallest absolute Gasteiger partial charge is 0.0863 e. The standard InChI is InChI=1S/C12H10Br2ClN/c1-3-10-6(2)11(15)8-4-7(13)5-9(14)12(8)16-10/h4-5H,3H2,1-2H3. The zero-order valence-corrected chi connectivity index (χ0v) is 12.9. The summed E-state index contributed by atoms with van der Waals surface area (Å²) in [4.78, 5) is 4.64. The largest absolute Gasteiger partial charge is 0.251 e. The molecule has 0 unspecified atom stereocenters. The highest BCUT2D eigenvalue weighted by molar-refractivity contribution is 9.11. The second-order valence-corrected chi connectivity index (χ2v) is 5.78. The molecule has 1 nitrogen and oxygen atoms in total. The van der Waals surface area contributed by atoms with Crippen molar-refractivity contribution in [3.05, 3.63) is 37.4 Å². The van der Waals surface area contributed by atoms with Crippen molar-refractivity contribution in [3.8, 4) is 0 Å². The van der Waals surface area contributed by atoms with Gasteiger partial charge in [0.2, 0.25) is 0 Å². The molecule has 0 fully saturated rings. The maximum absolute atomic E-state index is 6.37. The molecule has 0 radical (unpaired) electrons. The lowest BCUT2D eigenvalue weighted by molar-refractivity contribution is 1.03. The number of aromatic nitrogens is 1. The number of fused-ring (bicyclic) bond motifs is 1. The van der Waals surface area contributed by atoms with Gasteiger partial charge >= 0.3 is 0 Å². The zero-order valence-electron chi connectivity index (χ0n) is 8.94. The van der Waals surface area contributed by atoms with Crippen LogP contribution in [0, 0.1) is 6.92 Å². The molecule has 0 aliphatic heterocycles. The summed E-state index contributed by atoms with van der Waals surface area (Å²) in [5.74, 6) is 0. The fourth-order valence-corrected chi connectivity index (χ4v) is 3.31. The van der Waals surface area contributed by atoms with E-state index in [1.807, 2.05) is 19.1 Å². The highest BCUT2D eigenvalue weighted by Gasteiger charge is 2.11. The third kappa shape index (κ3) is 2.01. The first-order valence-electron chi connectivity index (χ1n) is 4.98. The normalized spacial score (nSPS) is 11.1. The average Bonchev–Trinajstić information content (AvgIpc) is 2.24. The molecule has 0 saturated heterocycles. The van der Waals surface area contributed by atoms with E-state index in [2.05, 4.69) is 43.8 Å². The van der Waals surface area contributed by atoms with E-state index in [0.717, 1.165) is 42.5 Å². The van der Waals surface area contributed by atoms with E-state index in [1.54, 1.807) is 0 Å². The highest BCUT2D eigenvalue weighted by Crippen LogP contribution is 2.34. The first kappa shape index (κ1) is 12.3. The van der Waals surface area contributed by atoms with Crippen LogP contribution in [0.25, 0.3) is 10.9 Å². The highest BCUT2D eigenvalue weighted by atomic mass is 79.9. The Morgan fingerprint density at radius 3 is 2.62 bits per heavy atom. The van der Waals surface area contributed by atoms with Crippen LogP contribution < -0.4 is 0 Å². The first-order valence-corrected chi connectivity index (χ1v) is 6.94. The van der Waals surface area contributed by atoms with Gasteiger partial charge in [0, 0.05) is 20.0 Å². The zero-order chi connectivity index (χ0) is 11.9. The van der Waals surface area contributed by atoms with Gasteiger partial charge in [0.15, 0.2) is 0 Å². The molecule has 0 spiro atoms. The number of rotatable bonds is 1. The molecule has 1 heterocycles. The minimum absolute atomic E-state index is 0.795. The molecule has 2 rings (SSSR count). The Balaban J connectivity index is 2.92. The summed E-state index contributed by atoms with van der Waals surface area (Å²) in [6, 6.07) is 3.99. The van der Waals surface area contributed by atoms with Crippen LogP contribution in [0.15, 0.2) is 21.1 Å². The van der Waals surface area contributed by atoms with Crippen molar-refractivity contribution in [1.82, 2.24) is 4.98 Å². The van der Waals surface area contributed by atoms with E-state index >= 15 is 0 Å². The van der Waals surface area contributed by atoms with Crippen LogP contribution in [0.3, 0.4) is 0 Å². The Hall–Kier alpha value is -0.120. The quantitative estimate of drug-likeness (QED) is 0.671. The second kappa shape index (κ2) is 4.63. The minimum atomic E-state index is 0.795. The van der Waals surface area contributed by atoms with Crippen molar-refractivity contribution in [1.29, 1.82) is 0 Å². The van der Waals surface area contributed by atoms with Crippen molar-refractivity contribution in [2.75, 3.05) is 0 Å². The van der Waals surface area contributed by atoms with E-state index in [-0.39, 0.29) is 0 Å². The monoisotopic (exact) mass is 361 g/mol. The number of benzene rings is 1. The Labute approximate surface area is 116 Å². The molecule has 2 aromatic rings. The summed E-state index contributed by atoms with van der Waals surface area (Å²) in [5, 5.41) is 1.78. The molecule has 16 heavy (non-hydrogen) atoms. The van der Waals surface area contributed by atoms with Gasteiger partial charge in [0.1, 0.15) is 0 Å². The van der Waals surface area contributed by atoms with Crippen LogP contribution in [-0.2, 0) is 6.42 Å². The molecule has 1 aromatic heterocycles. The van der Waals surface area contributed by atoms with Crippen molar-refractivity contribution in [3.63, 3.8) is 0 Å². The number of nitrogens with zero attached hydrogens (tertiary/aromatic N) is 1. The summed E-state index contributed by atoms with van der Waals surface area (Å²) < 4.78 is 1.97. The number of pyridine rings is 1. The van der Waals surface area contributed by atoms with Crippen molar-refractivity contribution in [2.45, 2.75) is 20.3 Å². The van der Waals surface area contributed by atoms with Crippen molar-refractivity contribution in [2.24, 2.45) is 0 Å². The van der Waals surface area contributed by atoms with Gasteiger partial charge < -0.3 is 0 Å². The lowest BCUT2D eigenvalue weighted by atomic mass is 10.1. The van der Waals surface area contributed by atoms with Crippen molar-refractivity contribution >= 4 is 54.4 Å². The van der Waals surface area contributed by atoms with E-state index in [4.69, 9.17) is 11.6 Å². The summed E-state index contributed by atoms with van der Waals surface area (Å²) in [7, 11) is 0. The summed E-state index contributed by atoms with van der Waals surface area (Å²) in [5.41, 5.74) is 3.05. The molecule has 84 valence electrons. The molecule has 0 amide bonds. The average molecular weight is 363 g/mol. The maximum Gasteiger partial charge on any atom is 0.0863 e. The summed E-state index contributed by atoms with van der Waals surface area (Å²) in [6.45, 7) is 4.10. The molecule has 4 heteroatoms. The van der Waals surface area contributed by atoms with Gasteiger partial charge in [-0.05, 0) is 47.0 Å². The number of hydrogen-bond donors (Lipinski definition) is 0. The fraction of sp³-hybridized carbons (Fsp3) is 0.250. The topological polar surface area (TPSA) is 12.9 Å². The second-order valence-electron chi connectivity index (χ2n) is 3.63. The molecule has 0 saturated carbocycles. The Bertz CT molecular complexity index is 567. The summed E-state index contributed by atoms with van der Waals surface area (Å²) in [6.07, 6.45) is 0.893. The van der Waals surface area contributed by atoms with E-state index < -0.39 is 0 Å². The lowest BCUT2D eigenvalue weighted by Crippen LogP contribution is -1.95. The van der Waals surface area contributed by atoms with Crippen LogP contribution in [0.1, 0.15) is 18.2 Å². The van der Waals surface area contributed by atoms with E-state index in [0.29, 0.717) is 0 Å². The number of hydrogen-bond acceptors (Lipinski definition) is 1. The third-order valence-electron chi connectivity index (χ3n) is 2.61. The van der Waals surface area contributed by atoms with Gasteiger partial charge in [-0.25, -0.2) is 0 Å². The molecule has 0 bridgehead atoms. The molecule has 1 aromatic carbocycles. The van der Waals surface area contributed by atoms with Gasteiger partial charge in [-0.15, -0.1) is 0 Å². The van der Waals surface area contributed by atoms with Crippen LogP contribution >= 0.6 is 43.5 Å². The van der Waals surface area contributed by atoms with Crippen LogP contribution in [0.5, 0.6) is 0 Å². The molecule has 0 aliphatic rings. The minimum Gasteiger partial charge on any atom is -0.251 e. The van der Waals surface area contributed by atoms with Gasteiger partial charge in [-0.3, -0.25) is 4.98 Å². The Morgan fingerprint density at radius 2 is 2.00 bits per heavy atom. The maximum atomic E-state index is 6.37. The molecule has 0 atom stereocenters. The van der Waals surface area contributed by atoms with Gasteiger partial charge in [0.05, 0.1) is 10.5 Å². The van der Waals surface area contributed by atoms with Crippen LogP contribution in [0.4, 0.5) is 0 Å². The first-order chi connectivity index (χ1) is 7.54. The Morgan fingerprint density at radius 1 is 1.31 bits per heavy atom. The van der Waals surface area contributed by atoms with E-state index in [1.165, 1.54) is 0 Å².